The summed E-state index contributed by atoms with van der Waals surface area (Å²) in [6, 6.07) is 6.32. The van der Waals surface area contributed by atoms with Crippen molar-refractivity contribution in [3.8, 4) is 11.6 Å². The Labute approximate surface area is 130 Å². The number of nitrogens with one attached hydrogen (secondary N) is 1. The molecule has 0 amide bonds. The molecule has 0 aliphatic heterocycles. The number of pyridine rings is 1. The number of hydrogen-bond acceptors (Lipinski definition) is 5. The molecule has 0 atom stereocenters. The van der Waals surface area contributed by atoms with Crippen LogP contribution in [0.1, 0.15) is 11.1 Å². The van der Waals surface area contributed by atoms with Crippen LogP contribution in [0.15, 0.2) is 34.9 Å². The summed E-state index contributed by atoms with van der Waals surface area (Å²) in [6.45, 7) is 2.60. The van der Waals surface area contributed by atoms with Crippen LogP contribution >= 0.6 is 15.9 Å². The number of nitro benzene ring substituents is 1. The average Bonchev–Trinajstić information content (AvgIpc) is 2.44. The fourth-order valence-electron chi connectivity index (χ4n) is 1.82. The number of rotatable bonds is 5. The molecule has 0 aliphatic rings. The fraction of sp³-hybridized carbons (Fsp3) is 0.214. The van der Waals surface area contributed by atoms with Crippen LogP contribution in [0.5, 0.6) is 11.6 Å². The molecule has 21 heavy (non-hydrogen) atoms. The third kappa shape index (κ3) is 3.77. The van der Waals surface area contributed by atoms with Gasteiger partial charge in [-0.1, -0.05) is 0 Å². The van der Waals surface area contributed by atoms with Gasteiger partial charge in [0.1, 0.15) is 0 Å². The van der Waals surface area contributed by atoms with Gasteiger partial charge in [0.25, 0.3) is 5.69 Å². The van der Waals surface area contributed by atoms with Gasteiger partial charge in [-0.15, -0.1) is 0 Å². The number of aromatic nitrogens is 1. The van der Waals surface area contributed by atoms with Gasteiger partial charge in [-0.2, -0.15) is 0 Å². The van der Waals surface area contributed by atoms with Crippen LogP contribution in [-0.2, 0) is 6.54 Å². The highest BCUT2D eigenvalue weighted by Gasteiger charge is 2.13. The number of halogens is 1. The second kappa shape index (κ2) is 6.64. The minimum absolute atomic E-state index is 0.0299. The molecule has 0 bridgehead atoms. The number of ether oxygens (including phenoxy) is 1. The summed E-state index contributed by atoms with van der Waals surface area (Å²) >= 11 is 3.32. The molecule has 0 saturated carbocycles. The van der Waals surface area contributed by atoms with E-state index in [2.05, 4.69) is 26.2 Å². The zero-order valence-corrected chi connectivity index (χ0v) is 13.2. The van der Waals surface area contributed by atoms with Gasteiger partial charge < -0.3 is 10.1 Å². The van der Waals surface area contributed by atoms with Crippen LogP contribution in [0.2, 0.25) is 0 Å². The number of aryl methyl sites for hydroxylation is 1. The largest absolute Gasteiger partial charge is 0.437 e. The van der Waals surface area contributed by atoms with Crippen LogP contribution in [0.4, 0.5) is 5.69 Å². The SMILES string of the molecule is CNCc1cnc(Oc2cc([N+](=O)[O-])ccc2Br)c(C)c1. The Bertz CT molecular complexity index is 677. The Balaban J connectivity index is 2.29. The summed E-state index contributed by atoms with van der Waals surface area (Å²) in [5.74, 6) is 0.789. The Hall–Kier alpha value is -1.99. The molecule has 0 spiro atoms. The van der Waals surface area contributed by atoms with E-state index < -0.39 is 4.92 Å². The van der Waals surface area contributed by atoms with Crippen molar-refractivity contribution in [3.63, 3.8) is 0 Å². The number of non-ortho nitro benzene ring substituents is 1. The number of nitro groups is 1. The van der Waals surface area contributed by atoms with Crippen molar-refractivity contribution in [2.45, 2.75) is 13.5 Å². The van der Waals surface area contributed by atoms with Crippen molar-refractivity contribution >= 4 is 21.6 Å². The predicted octanol–water partition coefficient (Wildman–Crippen LogP) is 3.57. The molecule has 7 heteroatoms. The molecule has 110 valence electrons. The lowest BCUT2D eigenvalue weighted by molar-refractivity contribution is -0.384. The molecule has 2 aromatic rings. The summed E-state index contributed by atoms with van der Waals surface area (Å²) in [5, 5.41) is 13.9. The van der Waals surface area contributed by atoms with E-state index in [0.717, 1.165) is 11.1 Å². The van der Waals surface area contributed by atoms with Gasteiger partial charge >= 0.3 is 0 Å². The van der Waals surface area contributed by atoms with Gasteiger partial charge in [0.05, 0.1) is 15.5 Å². The molecular weight excluding hydrogens is 338 g/mol. The zero-order valence-electron chi connectivity index (χ0n) is 11.6. The molecule has 0 aliphatic carbocycles. The Morgan fingerprint density at radius 2 is 2.19 bits per heavy atom. The molecule has 0 saturated heterocycles. The van der Waals surface area contributed by atoms with E-state index in [1.54, 1.807) is 12.3 Å². The molecule has 1 N–H and O–H groups in total. The first-order valence-electron chi connectivity index (χ1n) is 6.23. The van der Waals surface area contributed by atoms with Gasteiger partial charge in [-0.25, -0.2) is 4.98 Å². The second-order valence-electron chi connectivity index (χ2n) is 4.47. The van der Waals surface area contributed by atoms with Crippen LogP contribution in [0, 0.1) is 17.0 Å². The van der Waals surface area contributed by atoms with Crippen LogP contribution in [-0.4, -0.2) is 17.0 Å². The minimum Gasteiger partial charge on any atom is -0.437 e. The van der Waals surface area contributed by atoms with Crippen molar-refractivity contribution in [1.82, 2.24) is 10.3 Å². The van der Waals surface area contributed by atoms with E-state index in [0.29, 0.717) is 22.6 Å². The average molecular weight is 352 g/mol. The molecule has 0 unspecified atom stereocenters. The van der Waals surface area contributed by atoms with Gasteiger partial charge in [-0.05, 0) is 47.6 Å². The molecular formula is C14H14BrN3O3. The minimum atomic E-state index is -0.463. The van der Waals surface area contributed by atoms with Gasteiger partial charge in [0.2, 0.25) is 5.88 Å². The van der Waals surface area contributed by atoms with E-state index in [9.17, 15) is 10.1 Å². The summed E-state index contributed by atoms with van der Waals surface area (Å²) in [4.78, 5) is 14.6. The molecule has 1 heterocycles. The highest BCUT2D eigenvalue weighted by atomic mass is 79.9. The van der Waals surface area contributed by atoms with E-state index in [-0.39, 0.29) is 5.69 Å². The number of hydrogen-bond donors (Lipinski definition) is 1. The standard InChI is InChI=1S/C14H14BrN3O3/c1-9-5-10(7-16-2)8-17-14(9)21-13-6-11(18(19)20)3-4-12(13)15/h3-6,8,16H,7H2,1-2H3. The maximum atomic E-state index is 10.8. The van der Waals surface area contributed by atoms with Crippen molar-refractivity contribution in [3.05, 3.63) is 56.2 Å². The lowest BCUT2D eigenvalue weighted by atomic mass is 10.2. The molecule has 6 nitrogen and oxygen atoms in total. The van der Waals surface area contributed by atoms with Crippen LogP contribution in [0.3, 0.4) is 0 Å². The highest BCUT2D eigenvalue weighted by Crippen LogP contribution is 2.33. The van der Waals surface area contributed by atoms with Gasteiger partial charge in [-0.3, -0.25) is 10.1 Å². The van der Waals surface area contributed by atoms with E-state index in [1.165, 1.54) is 12.1 Å². The quantitative estimate of drug-likeness (QED) is 0.658. The van der Waals surface area contributed by atoms with Crippen molar-refractivity contribution in [2.24, 2.45) is 0 Å². The summed E-state index contributed by atoms with van der Waals surface area (Å²) in [5.41, 5.74) is 1.87. The third-order valence-corrected chi connectivity index (χ3v) is 3.46. The number of nitrogens with zero attached hydrogens (tertiary/aromatic N) is 2. The zero-order chi connectivity index (χ0) is 15.4. The monoisotopic (exact) mass is 351 g/mol. The van der Waals surface area contributed by atoms with Gasteiger partial charge in [0.15, 0.2) is 5.75 Å². The lowest BCUT2D eigenvalue weighted by Gasteiger charge is -2.10. The predicted molar refractivity (Wildman–Crippen MR) is 82.6 cm³/mol. The smallest absolute Gasteiger partial charge is 0.273 e. The first-order valence-corrected chi connectivity index (χ1v) is 7.02. The van der Waals surface area contributed by atoms with Crippen molar-refractivity contribution < 1.29 is 9.66 Å². The molecule has 0 fully saturated rings. The normalized spacial score (nSPS) is 10.4. The van der Waals surface area contributed by atoms with Gasteiger partial charge in [0, 0.05) is 24.4 Å². The van der Waals surface area contributed by atoms with Crippen molar-refractivity contribution in [1.29, 1.82) is 0 Å². The Kier molecular flexibility index (Phi) is 4.87. The fourth-order valence-corrected chi connectivity index (χ4v) is 2.14. The summed E-state index contributed by atoms with van der Waals surface area (Å²) in [6.07, 6.45) is 1.71. The number of benzene rings is 1. The topological polar surface area (TPSA) is 77.3 Å². The molecule has 0 radical (unpaired) electrons. The molecule has 1 aromatic carbocycles. The Morgan fingerprint density at radius 3 is 2.81 bits per heavy atom. The third-order valence-electron chi connectivity index (χ3n) is 2.80. The summed E-state index contributed by atoms with van der Waals surface area (Å²) in [7, 11) is 1.86. The van der Waals surface area contributed by atoms with E-state index >= 15 is 0 Å². The Morgan fingerprint density at radius 1 is 1.43 bits per heavy atom. The second-order valence-corrected chi connectivity index (χ2v) is 5.32. The van der Waals surface area contributed by atoms with E-state index in [4.69, 9.17) is 4.74 Å². The maximum absolute atomic E-state index is 10.8. The van der Waals surface area contributed by atoms with Crippen LogP contribution < -0.4 is 10.1 Å². The molecule has 1 aromatic heterocycles. The highest BCUT2D eigenvalue weighted by molar-refractivity contribution is 9.10. The first kappa shape index (κ1) is 15.4. The summed E-state index contributed by atoms with van der Waals surface area (Å²) < 4.78 is 6.31. The van der Waals surface area contributed by atoms with Crippen molar-refractivity contribution in [2.75, 3.05) is 7.05 Å². The first-order chi connectivity index (χ1) is 10.0. The van der Waals surface area contributed by atoms with Crippen LogP contribution in [0.25, 0.3) is 0 Å². The lowest BCUT2D eigenvalue weighted by Crippen LogP contribution is -2.06. The maximum Gasteiger partial charge on any atom is 0.273 e. The van der Waals surface area contributed by atoms with E-state index in [1.807, 2.05) is 20.0 Å². The molecule has 2 rings (SSSR count).